The average molecular weight is 307 g/mol. The van der Waals surface area contributed by atoms with E-state index in [0.717, 1.165) is 16.7 Å². The molecular formula is C17H13N3O3. The highest BCUT2D eigenvalue weighted by Gasteiger charge is 2.15. The Hall–Kier alpha value is -3.33. The summed E-state index contributed by atoms with van der Waals surface area (Å²) in [5, 5.41) is 21.1. The van der Waals surface area contributed by atoms with Gasteiger partial charge in [0.1, 0.15) is 17.4 Å². The van der Waals surface area contributed by atoms with Gasteiger partial charge in [-0.2, -0.15) is 5.26 Å². The summed E-state index contributed by atoms with van der Waals surface area (Å²) < 4.78 is 5.76. The molecule has 0 bridgehead atoms. The first-order valence-corrected chi connectivity index (χ1v) is 6.95. The van der Waals surface area contributed by atoms with Crippen molar-refractivity contribution >= 4 is 22.3 Å². The number of nitrogens with zero attached hydrogens (tertiary/aromatic N) is 3. The van der Waals surface area contributed by atoms with Crippen LogP contribution in [0.4, 0.5) is 11.4 Å². The fourth-order valence-corrected chi connectivity index (χ4v) is 2.49. The maximum atomic E-state index is 10.8. The zero-order valence-corrected chi connectivity index (χ0v) is 12.4. The van der Waals surface area contributed by atoms with E-state index in [-0.39, 0.29) is 11.3 Å². The molecule has 0 aliphatic heterocycles. The van der Waals surface area contributed by atoms with Crippen LogP contribution in [0, 0.1) is 21.4 Å². The Kier molecular flexibility index (Phi) is 3.69. The Morgan fingerprint density at radius 2 is 2.04 bits per heavy atom. The van der Waals surface area contributed by atoms with E-state index in [1.807, 2.05) is 48.3 Å². The SMILES string of the molecule is CN(Cc1cc2ccccc2o1)c1ccc([N+](=O)[O-])cc1C#N. The monoisotopic (exact) mass is 307 g/mol. The molecule has 0 N–H and O–H groups in total. The zero-order valence-electron chi connectivity index (χ0n) is 12.4. The maximum Gasteiger partial charge on any atom is 0.270 e. The van der Waals surface area contributed by atoms with Crippen molar-refractivity contribution in [1.82, 2.24) is 0 Å². The molecule has 0 unspecified atom stereocenters. The van der Waals surface area contributed by atoms with Gasteiger partial charge in [-0.05, 0) is 18.2 Å². The van der Waals surface area contributed by atoms with Crippen molar-refractivity contribution in [3.05, 3.63) is 70.0 Å². The molecule has 114 valence electrons. The Morgan fingerprint density at radius 3 is 2.74 bits per heavy atom. The summed E-state index contributed by atoms with van der Waals surface area (Å²) in [6, 6.07) is 15.9. The number of anilines is 1. The standard InChI is InChI=1S/C17H13N3O3/c1-19(11-15-9-12-4-2-3-5-17(12)23-15)16-7-6-14(20(21)22)8-13(16)10-18/h2-9H,11H2,1H3. The lowest BCUT2D eigenvalue weighted by Crippen LogP contribution is -2.17. The van der Waals surface area contributed by atoms with Gasteiger partial charge in [0.25, 0.3) is 5.69 Å². The molecule has 0 spiro atoms. The Labute approximate surface area is 132 Å². The van der Waals surface area contributed by atoms with Crippen LogP contribution in [-0.2, 0) is 6.54 Å². The predicted molar refractivity (Wildman–Crippen MR) is 86.1 cm³/mol. The highest BCUT2D eigenvalue weighted by molar-refractivity contribution is 5.77. The first kappa shape index (κ1) is 14.6. The first-order valence-electron chi connectivity index (χ1n) is 6.95. The van der Waals surface area contributed by atoms with Crippen molar-refractivity contribution in [2.75, 3.05) is 11.9 Å². The minimum absolute atomic E-state index is 0.0950. The lowest BCUT2D eigenvalue weighted by molar-refractivity contribution is -0.384. The Bertz CT molecular complexity index is 891. The molecular weight excluding hydrogens is 294 g/mol. The highest BCUT2D eigenvalue weighted by atomic mass is 16.6. The number of para-hydroxylation sites is 1. The molecule has 23 heavy (non-hydrogen) atoms. The lowest BCUT2D eigenvalue weighted by Gasteiger charge is -2.18. The van der Waals surface area contributed by atoms with E-state index in [2.05, 4.69) is 0 Å². The van der Waals surface area contributed by atoms with Gasteiger partial charge in [0, 0.05) is 24.6 Å². The molecule has 0 atom stereocenters. The van der Waals surface area contributed by atoms with Gasteiger partial charge in [0.2, 0.25) is 0 Å². The summed E-state index contributed by atoms with van der Waals surface area (Å²) in [4.78, 5) is 12.1. The molecule has 0 saturated carbocycles. The van der Waals surface area contributed by atoms with Crippen LogP contribution in [0.3, 0.4) is 0 Å². The summed E-state index contributed by atoms with van der Waals surface area (Å²) in [6.45, 7) is 0.459. The number of benzene rings is 2. The van der Waals surface area contributed by atoms with Crippen LogP contribution in [0.15, 0.2) is 52.9 Å². The smallest absolute Gasteiger partial charge is 0.270 e. The predicted octanol–water partition coefficient (Wildman–Crippen LogP) is 3.85. The van der Waals surface area contributed by atoms with Gasteiger partial charge in [-0.25, -0.2) is 0 Å². The number of hydrogen-bond acceptors (Lipinski definition) is 5. The molecule has 0 aliphatic rings. The molecule has 6 heteroatoms. The first-order chi connectivity index (χ1) is 11.1. The third-order valence-electron chi connectivity index (χ3n) is 3.59. The normalized spacial score (nSPS) is 10.4. The number of nitriles is 1. The number of hydrogen-bond donors (Lipinski definition) is 0. The molecule has 1 heterocycles. The van der Waals surface area contributed by atoms with Crippen molar-refractivity contribution in [1.29, 1.82) is 5.26 Å². The van der Waals surface area contributed by atoms with Crippen LogP contribution < -0.4 is 4.90 Å². The fourth-order valence-electron chi connectivity index (χ4n) is 2.49. The van der Waals surface area contributed by atoms with E-state index >= 15 is 0 Å². The zero-order chi connectivity index (χ0) is 16.4. The topological polar surface area (TPSA) is 83.3 Å². The van der Waals surface area contributed by atoms with Gasteiger partial charge in [-0.3, -0.25) is 10.1 Å². The lowest BCUT2D eigenvalue weighted by atomic mass is 10.1. The molecule has 3 aromatic rings. The van der Waals surface area contributed by atoms with Gasteiger partial charge in [-0.15, -0.1) is 0 Å². The number of fused-ring (bicyclic) bond motifs is 1. The van der Waals surface area contributed by atoms with Crippen molar-refractivity contribution in [3.8, 4) is 6.07 Å². The summed E-state index contributed by atoms with van der Waals surface area (Å²) in [6.07, 6.45) is 0. The van der Waals surface area contributed by atoms with Crippen LogP contribution in [0.25, 0.3) is 11.0 Å². The third-order valence-corrected chi connectivity index (χ3v) is 3.59. The second-order valence-corrected chi connectivity index (χ2v) is 5.18. The average Bonchev–Trinajstić information content (AvgIpc) is 2.96. The van der Waals surface area contributed by atoms with Crippen LogP contribution in [-0.4, -0.2) is 12.0 Å². The van der Waals surface area contributed by atoms with E-state index in [0.29, 0.717) is 12.2 Å². The van der Waals surface area contributed by atoms with Crippen molar-refractivity contribution in [2.24, 2.45) is 0 Å². The summed E-state index contributed by atoms with van der Waals surface area (Å²) >= 11 is 0. The van der Waals surface area contributed by atoms with Gasteiger partial charge in [-0.1, -0.05) is 18.2 Å². The molecule has 2 aromatic carbocycles. The van der Waals surface area contributed by atoms with E-state index in [1.165, 1.54) is 12.1 Å². The largest absolute Gasteiger partial charge is 0.459 e. The van der Waals surface area contributed by atoms with Gasteiger partial charge in [0.05, 0.1) is 22.7 Å². The van der Waals surface area contributed by atoms with Gasteiger partial charge >= 0.3 is 0 Å². The number of nitro benzene ring substituents is 1. The van der Waals surface area contributed by atoms with E-state index in [4.69, 9.17) is 4.42 Å². The molecule has 6 nitrogen and oxygen atoms in total. The summed E-state index contributed by atoms with van der Waals surface area (Å²) in [5.74, 6) is 0.760. The van der Waals surface area contributed by atoms with Crippen LogP contribution >= 0.6 is 0 Å². The highest BCUT2D eigenvalue weighted by Crippen LogP contribution is 2.26. The van der Waals surface area contributed by atoms with Crippen molar-refractivity contribution < 1.29 is 9.34 Å². The number of furan rings is 1. The molecule has 0 fully saturated rings. The summed E-state index contributed by atoms with van der Waals surface area (Å²) in [5.41, 5.74) is 1.60. The van der Waals surface area contributed by atoms with E-state index in [1.54, 1.807) is 6.07 Å². The number of rotatable bonds is 4. The molecule has 1 aromatic heterocycles. The minimum atomic E-state index is -0.510. The summed E-state index contributed by atoms with van der Waals surface area (Å²) in [7, 11) is 1.81. The quantitative estimate of drug-likeness (QED) is 0.540. The second-order valence-electron chi connectivity index (χ2n) is 5.18. The number of nitro groups is 1. The number of non-ortho nitro benzene ring substituents is 1. The second kappa shape index (κ2) is 5.81. The molecule has 3 rings (SSSR count). The Morgan fingerprint density at radius 1 is 1.26 bits per heavy atom. The maximum absolute atomic E-state index is 10.8. The minimum Gasteiger partial charge on any atom is -0.459 e. The van der Waals surface area contributed by atoms with Gasteiger partial charge in [0.15, 0.2) is 0 Å². The Balaban J connectivity index is 1.89. The molecule has 0 saturated heterocycles. The molecule has 0 aliphatic carbocycles. The van der Waals surface area contributed by atoms with Crippen LogP contribution in [0.1, 0.15) is 11.3 Å². The van der Waals surface area contributed by atoms with Crippen molar-refractivity contribution in [2.45, 2.75) is 6.54 Å². The van der Waals surface area contributed by atoms with Crippen molar-refractivity contribution in [3.63, 3.8) is 0 Å². The van der Waals surface area contributed by atoms with Crippen LogP contribution in [0.5, 0.6) is 0 Å². The van der Waals surface area contributed by atoms with E-state index in [9.17, 15) is 15.4 Å². The fraction of sp³-hybridized carbons (Fsp3) is 0.118. The third kappa shape index (κ3) is 2.85. The van der Waals surface area contributed by atoms with Crippen LogP contribution in [0.2, 0.25) is 0 Å². The van der Waals surface area contributed by atoms with E-state index < -0.39 is 4.92 Å². The van der Waals surface area contributed by atoms with Gasteiger partial charge < -0.3 is 9.32 Å². The molecule has 0 radical (unpaired) electrons. The molecule has 0 amide bonds.